The van der Waals surface area contributed by atoms with Crippen LogP contribution in [0.5, 0.6) is 0 Å². The van der Waals surface area contributed by atoms with Crippen molar-refractivity contribution in [3.8, 4) is 0 Å². The number of allylic oxidation sites excluding steroid dienone is 2. The third kappa shape index (κ3) is 3.95. The second-order valence-corrected chi connectivity index (χ2v) is 6.00. The van der Waals surface area contributed by atoms with Gasteiger partial charge in [0.25, 0.3) is 5.69 Å². The number of hydrogen-bond acceptors (Lipinski definition) is 3. The van der Waals surface area contributed by atoms with Gasteiger partial charge in [0.05, 0.1) is 9.96 Å². The van der Waals surface area contributed by atoms with Gasteiger partial charge in [-0.1, -0.05) is 41.9 Å². The highest BCUT2D eigenvalue weighted by Gasteiger charge is 2.15. The van der Waals surface area contributed by atoms with Gasteiger partial charge in [0.15, 0.2) is 0 Å². The maximum Gasteiger partial charge on any atom is 0.269 e. The maximum absolute atomic E-state index is 12.0. The number of nitro groups is 1. The lowest BCUT2D eigenvalue weighted by atomic mass is 9.92. The molecule has 0 fully saturated rings. The van der Waals surface area contributed by atoms with Crippen molar-refractivity contribution in [3.63, 3.8) is 0 Å². The number of anilines is 1. The lowest BCUT2D eigenvalue weighted by molar-refractivity contribution is -0.384. The zero-order chi connectivity index (χ0) is 17.8. The van der Waals surface area contributed by atoms with Gasteiger partial charge in [0.1, 0.15) is 0 Å². The van der Waals surface area contributed by atoms with E-state index in [0.717, 1.165) is 24.0 Å². The van der Waals surface area contributed by atoms with Crippen LogP contribution in [0.1, 0.15) is 17.5 Å². The van der Waals surface area contributed by atoms with Crippen molar-refractivity contribution in [2.24, 2.45) is 0 Å². The first-order valence-corrected chi connectivity index (χ1v) is 8.13. The van der Waals surface area contributed by atoms with Crippen LogP contribution in [-0.2, 0) is 11.2 Å². The molecule has 0 aliphatic heterocycles. The van der Waals surface area contributed by atoms with Crippen molar-refractivity contribution in [1.29, 1.82) is 0 Å². The summed E-state index contributed by atoms with van der Waals surface area (Å²) in [7, 11) is 0. The van der Waals surface area contributed by atoms with Gasteiger partial charge >= 0.3 is 0 Å². The average molecular weight is 355 g/mol. The van der Waals surface area contributed by atoms with Crippen LogP contribution in [0.3, 0.4) is 0 Å². The first kappa shape index (κ1) is 16.9. The molecule has 0 saturated carbocycles. The predicted molar refractivity (Wildman–Crippen MR) is 98.4 cm³/mol. The molecule has 0 radical (unpaired) electrons. The fourth-order valence-electron chi connectivity index (χ4n) is 2.69. The molecular weight excluding hydrogens is 340 g/mol. The summed E-state index contributed by atoms with van der Waals surface area (Å²) >= 11 is 6.44. The van der Waals surface area contributed by atoms with E-state index < -0.39 is 4.92 Å². The SMILES string of the molecule is O=C(C=CC1=C(Cl)c2ccccc2CC1)Nc1ccc([N+](=O)[O-])cc1. The second-order valence-electron chi connectivity index (χ2n) is 5.62. The number of rotatable bonds is 4. The molecule has 0 unspecified atom stereocenters. The number of benzene rings is 2. The molecule has 6 heteroatoms. The number of amides is 1. The van der Waals surface area contributed by atoms with Crippen LogP contribution < -0.4 is 5.32 Å². The molecule has 3 rings (SSSR count). The molecule has 5 nitrogen and oxygen atoms in total. The Morgan fingerprint density at radius 1 is 1.12 bits per heavy atom. The molecule has 2 aromatic rings. The van der Waals surface area contributed by atoms with Gasteiger partial charge in [-0.3, -0.25) is 14.9 Å². The monoisotopic (exact) mass is 354 g/mol. The summed E-state index contributed by atoms with van der Waals surface area (Å²) in [6, 6.07) is 13.6. The summed E-state index contributed by atoms with van der Waals surface area (Å²) in [6.45, 7) is 0. The van der Waals surface area contributed by atoms with Crippen molar-refractivity contribution in [1.82, 2.24) is 0 Å². The van der Waals surface area contributed by atoms with Crippen molar-refractivity contribution in [2.75, 3.05) is 5.32 Å². The fourth-order valence-corrected chi connectivity index (χ4v) is 3.03. The molecule has 0 bridgehead atoms. The molecule has 0 spiro atoms. The van der Waals surface area contributed by atoms with Gasteiger partial charge in [0, 0.05) is 23.9 Å². The Hall–Kier alpha value is -2.92. The fraction of sp³-hybridized carbons (Fsp3) is 0.105. The largest absolute Gasteiger partial charge is 0.323 e. The Balaban J connectivity index is 1.69. The number of nitrogens with zero attached hydrogens (tertiary/aromatic N) is 1. The standard InChI is InChI=1S/C19H15ClN2O3/c20-19-14(6-5-13-3-1-2-4-17(13)19)7-12-18(23)21-15-8-10-16(11-9-15)22(24)25/h1-4,7-12H,5-6H2,(H,21,23). The summed E-state index contributed by atoms with van der Waals surface area (Å²) in [4.78, 5) is 22.2. The van der Waals surface area contributed by atoms with E-state index in [2.05, 4.69) is 11.4 Å². The Labute approximate surface area is 149 Å². The van der Waals surface area contributed by atoms with E-state index in [4.69, 9.17) is 11.6 Å². The molecular formula is C19H15ClN2O3. The van der Waals surface area contributed by atoms with E-state index in [-0.39, 0.29) is 11.6 Å². The van der Waals surface area contributed by atoms with E-state index in [9.17, 15) is 14.9 Å². The highest BCUT2D eigenvalue weighted by Crippen LogP contribution is 2.34. The van der Waals surface area contributed by atoms with Crippen molar-refractivity contribution in [3.05, 3.63) is 87.5 Å². The van der Waals surface area contributed by atoms with E-state index in [1.54, 1.807) is 6.08 Å². The summed E-state index contributed by atoms with van der Waals surface area (Å²) in [5.74, 6) is -0.315. The Kier molecular flexibility index (Phi) is 4.95. The lowest BCUT2D eigenvalue weighted by Gasteiger charge is -2.17. The number of nitrogens with one attached hydrogen (secondary N) is 1. The second kappa shape index (κ2) is 7.32. The molecule has 2 aromatic carbocycles. The minimum atomic E-state index is -0.485. The number of non-ortho nitro benzene ring substituents is 1. The van der Waals surface area contributed by atoms with E-state index in [1.165, 1.54) is 35.9 Å². The van der Waals surface area contributed by atoms with Crippen LogP contribution >= 0.6 is 11.6 Å². The smallest absolute Gasteiger partial charge is 0.269 e. The normalized spacial score (nSPS) is 13.6. The zero-order valence-electron chi connectivity index (χ0n) is 13.2. The van der Waals surface area contributed by atoms with Crippen LogP contribution in [0.15, 0.2) is 66.3 Å². The molecule has 0 saturated heterocycles. The van der Waals surface area contributed by atoms with Crippen LogP contribution in [0.25, 0.3) is 5.03 Å². The van der Waals surface area contributed by atoms with Crippen LogP contribution in [0.2, 0.25) is 0 Å². The molecule has 0 heterocycles. The molecule has 1 amide bonds. The number of hydrogen-bond donors (Lipinski definition) is 1. The third-order valence-corrected chi connectivity index (χ3v) is 4.43. The van der Waals surface area contributed by atoms with Gasteiger partial charge in [-0.05, 0) is 41.7 Å². The number of aryl methyl sites for hydroxylation is 1. The maximum atomic E-state index is 12.0. The van der Waals surface area contributed by atoms with E-state index in [0.29, 0.717) is 10.7 Å². The number of nitro benzene ring substituents is 1. The van der Waals surface area contributed by atoms with Crippen molar-refractivity contribution >= 4 is 33.9 Å². The van der Waals surface area contributed by atoms with Gasteiger partial charge < -0.3 is 5.32 Å². The van der Waals surface area contributed by atoms with Crippen molar-refractivity contribution in [2.45, 2.75) is 12.8 Å². The Morgan fingerprint density at radius 2 is 1.84 bits per heavy atom. The summed E-state index contributed by atoms with van der Waals surface area (Å²) in [5.41, 5.74) is 3.60. The Bertz CT molecular complexity index is 886. The minimum Gasteiger partial charge on any atom is -0.323 e. The highest BCUT2D eigenvalue weighted by molar-refractivity contribution is 6.49. The molecule has 1 aliphatic carbocycles. The van der Waals surface area contributed by atoms with E-state index >= 15 is 0 Å². The predicted octanol–water partition coefficient (Wildman–Crippen LogP) is 4.69. The van der Waals surface area contributed by atoms with Crippen LogP contribution in [-0.4, -0.2) is 10.8 Å². The Morgan fingerprint density at radius 3 is 2.56 bits per heavy atom. The van der Waals surface area contributed by atoms with Crippen LogP contribution in [0, 0.1) is 10.1 Å². The van der Waals surface area contributed by atoms with E-state index in [1.807, 2.05) is 18.2 Å². The summed E-state index contributed by atoms with van der Waals surface area (Å²) in [5, 5.41) is 14.0. The first-order valence-electron chi connectivity index (χ1n) is 7.75. The molecule has 0 aromatic heterocycles. The lowest BCUT2D eigenvalue weighted by Crippen LogP contribution is -2.08. The number of carbonyl (C=O) groups is 1. The van der Waals surface area contributed by atoms with Crippen molar-refractivity contribution < 1.29 is 9.72 Å². The summed E-state index contributed by atoms with van der Waals surface area (Å²) < 4.78 is 0. The zero-order valence-corrected chi connectivity index (χ0v) is 14.0. The molecule has 1 aliphatic rings. The van der Waals surface area contributed by atoms with Gasteiger partial charge in [-0.2, -0.15) is 0 Å². The molecule has 126 valence electrons. The number of halogens is 1. The highest BCUT2D eigenvalue weighted by atomic mass is 35.5. The van der Waals surface area contributed by atoms with Gasteiger partial charge in [-0.15, -0.1) is 0 Å². The quantitative estimate of drug-likeness (QED) is 0.492. The van der Waals surface area contributed by atoms with Gasteiger partial charge in [0.2, 0.25) is 5.91 Å². The average Bonchev–Trinajstić information content (AvgIpc) is 2.62. The molecule has 0 atom stereocenters. The van der Waals surface area contributed by atoms with Gasteiger partial charge in [-0.25, -0.2) is 0 Å². The molecule has 25 heavy (non-hydrogen) atoms. The number of fused-ring (bicyclic) bond motifs is 1. The topological polar surface area (TPSA) is 72.2 Å². The first-order chi connectivity index (χ1) is 12.0. The third-order valence-electron chi connectivity index (χ3n) is 3.98. The van der Waals surface area contributed by atoms with Crippen LogP contribution in [0.4, 0.5) is 11.4 Å². The molecule has 1 N–H and O–H groups in total. The summed E-state index contributed by atoms with van der Waals surface area (Å²) in [6.07, 6.45) is 4.80. The minimum absolute atomic E-state index is 0.0219. The number of carbonyl (C=O) groups excluding carboxylic acids is 1.